The van der Waals surface area contributed by atoms with E-state index < -0.39 is 8.80 Å². The molecule has 1 saturated heterocycles. The molecule has 4 heteroatoms. The minimum Gasteiger partial charge on any atom is -0.374 e. The van der Waals surface area contributed by atoms with Gasteiger partial charge in [0, 0.05) is 19.3 Å². The van der Waals surface area contributed by atoms with Gasteiger partial charge in [0.2, 0.25) is 0 Å². The topological polar surface area (TPSA) is 27.7 Å². The predicted octanol–water partition coefficient (Wildman–Crippen LogP) is 2.75. The molecular formula is C11H22O3Si. The first kappa shape index (κ1) is 12.9. The largest absolute Gasteiger partial charge is 0.501 e. The van der Waals surface area contributed by atoms with E-state index in [0.29, 0.717) is 13.2 Å². The lowest BCUT2D eigenvalue weighted by atomic mass is 10.1. The summed E-state index contributed by atoms with van der Waals surface area (Å²) in [5.41, 5.74) is 1.07. The van der Waals surface area contributed by atoms with Crippen molar-refractivity contribution in [2.45, 2.75) is 45.8 Å². The number of hydrogen-bond donors (Lipinski definition) is 0. The van der Waals surface area contributed by atoms with Crippen LogP contribution in [0, 0.1) is 0 Å². The fourth-order valence-electron chi connectivity index (χ4n) is 1.88. The zero-order valence-corrected chi connectivity index (χ0v) is 11.0. The highest BCUT2D eigenvalue weighted by molar-refractivity contribution is 6.61. The van der Waals surface area contributed by atoms with Crippen molar-refractivity contribution in [3.05, 3.63) is 12.2 Å². The monoisotopic (exact) mass is 230 g/mol. The average Bonchev–Trinajstić information content (AvgIpc) is 2.18. The zero-order valence-electron chi connectivity index (χ0n) is 10.0. The summed E-state index contributed by atoms with van der Waals surface area (Å²) in [6.45, 7) is 11.3. The van der Waals surface area contributed by atoms with E-state index in [-0.39, 0.29) is 6.10 Å². The SMILES string of the molecule is C=C(C)C1CCC[Si](OCC)(OCC)O1. The molecule has 1 rings (SSSR count). The molecule has 0 saturated carbocycles. The molecule has 1 aliphatic heterocycles. The van der Waals surface area contributed by atoms with Crippen LogP contribution in [-0.2, 0) is 13.3 Å². The molecule has 0 aliphatic carbocycles. The highest BCUT2D eigenvalue weighted by Crippen LogP contribution is 2.30. The van der Waals surface area contributed by atoms with E-state index in [1.54, 1.807) is 0 Å². The minimum atomic E-state index is -2.37. The molecule has 0 aromatic heterocycles. The third-order valence-electron chi connectivity index (χ3n) is 2.55. The van der Waals surface area contributed by atoms with Gasteiger partial charge in [0.1, 0.15) is 0 Å². The van der Waals surface area contributed by atoms with Crippen molar-refractivity contribution in [1.82, 2.24) is 0 Å². The second-order valence-corrected chi connectivity index (χ2v) is 6.57. The van der Waals surface area contributed by atoms with Crippen molar-refractivity contribution in [1.29, 1.82) is 0 Å². The van der Waals surface area contributed by atoms with Gasteiger partial charge >= 0.3 is 8.80 Å². The summed E-state index contributed by atoms with van der Waals surface area (Å²) in [5, 5.41) is 0. The molecule has 15 heavy (non-hydrogen) atoms. The van der Waals surface area contributed by atoms with Crippen LogP contribution in [0.2, 0.25) is 6.04 Å². The van der Waals surface area contributed by atoms with E-state index in [1.807, 2.05) is 20.8 Å². The van der Waals surface area contributed by atoms with Crippen molar-refractivity contribution in [3.63, 3.8) is 0 Å². The summed E-state index contributed by atoms with van der Waals surface area (Å²) in [4.78, 5) is 0. The summed E-state index contributed by atoms with van der Waals surface area (Å²) in [6, 6.07) is 0.943. The molecule has 3 nitrogen and oxygen atoms in total. The Balaban J connectivity index is 2.65. The van der Waals surface area contributed by atoms with E-state index in [1.165, 1.54) is 0 Å². The Morgan fingerprint density at radius 2 is 2.00 bits per heavy atom. The Labute approximate surface area is 93.8 Å². The van der Waals surface area contributed by atoms with Gasteiger partial charge in [0.05, 0.1) is 6.10 Å². The lowest BCUT2D eigenvalue weighted by molar-refractivity contribution is 0.0264. The van der Waals surface area contributed by atoms with Crippen LogP contribution < -0.4 is 0 Å². The van der Waals surface area contributed by atoms with Crippen molar-refractivity contribution in [2.75, 3.05) is 13.2 Å². The Bertz CT molecular complexity index is 206. The lowest BCUT2D eigenvalue weighted by Crippen LogP contribution is -2.51. The van der Waals surface area contributed by atoms with Crippen LogP contribution in [0.1, 0.15) is 33.6 Å². The maximum absolute atomic E-state index is 6.01. The standard InChI is InChI=1S/C11H22O3Si/c1-5-12-15(13-6-2)9-7-8-11(14-15)10(3)4/h11H,3,5-9H2,1-2,4H3. The van der Waals surface area contributed by atoms with Crippen LogP contribution in [0.15, 0.2) is 12.2 Å². The van der Waals surface area contributed by atoms with Crippen molar-refractivity contribution >= 4 is 8.80 Å². The third-order valence-corrected chi connectivity index (χ3v) is 5.62. The second kappa shape index (κ2) is 5.79. The zero-order chi connectivity index (χ0) is 11.3. The Kier molecular flexibility index (Phi) is 4.98. The van der Waals surface area contributed by atoms with Gasteiger partial charge in [-0.1, -0.05) is 12.2 Å². The summed E-state index contributed by atoms with van der Waals surface area (Å²) >= 11 is 0. The molecule has 0 amide bonds. The first-order valence-corrected chi connectivity index (χ1v) is 7.68. The van der Waals surface area contributed by atoms with Gasteiger partial charge in [-0.05, 0) is 33.6 Å². The van der Waals surface area contributed by atoms with Gasteiger partial charge in [0.15, 0.2) is 0 Å². The minimum absolute atomic E-state index is 0.128. The van der Waals surface area contributed by atoms with E-state index >= 15 is 0 Å². The maximum Gasteiger partial charge on any atom is 0.501 e. The molecule has 0 radical (unpaired) electrons. The molecule has 0 spiro atoms. The van der Waals surface area contributed by atoms with Gasteiger partial charge in [-0.25, -0.2) is 0 Å². The average molecular weight is 230 g/mol. The molecule has 1 heterocycles. The Morgan fingerprint density at radius 3 is 2.47 bits per heavy atom. The van der Waals surface area contributed by atoms with E-state index in [4.69, 9.17) is 13.3 Å². The van der Waals surface area contributed by atoms with Crippen LogP contribution in [0.4, 0.5) is 0 Å². The van der Waals surface area contributed by atoms with Crippen LogP contribution in [-0.4, -0.2) is 28.1 Å². The van der Waals surface area contributed by atoms with Crippen molar-refractivity contribution in [2.24, 2.45) is 0 Å². The first-order valence-electron chi connectivity index (χ1n) is 5.74. The van der Waals surface area contributed by atoms with Gasteiger partial charge in [-0.15, -0.1) is 0 Å². The maximum atomic E-state index is 6.01. The molecule has 0 aromatic rings. The molecule has 1 fully saturated rings. The molecule has 0 N–H and O–H groups in total. The van der Waals surface area contributed by atoms with Gasteiger partial charge < -0.3 is 13.3 Å². The highest BCUT2D eigenvalue weighted by Gasteiger charge is 2.45. The Hall–Kier alpha value is -0.163. The van der Waals surface area contributed by atoms with Crippen LogP contribution in [0.5, 0.6) is 0 Å². The summed E-state index contributed by atoms with van der Waals surface area (Å²) in [7, 11) is -2.37. The third kappa shape index (κ3) is 3.41. The molecule has 1 atom stereocenters. The van der Waals surface area contributed by atoms with E-state index in [9.17, 15) is 0 Å². The van der Waals surface area contributed by atoms with Crippen molar-refractivity contribution in [3.8, 4) is 0 Å². The molecule has 0 aromatic carbocycles. The summed E-state index contributed by atoms with van der Waals surface area (Å²) in [6.07, 6.45) is 2.29. The molecule has 1 aliphatic rings. The number of hydrogen-bond acceptors (Lipinski definition) is 3. The van der Waals surface area contributed by atoms with Crippen LogP contribution in [0.3, 0.4) is 0 Å². The highest BCUT2D eigenvalue weighted by atomic mass is 28.4. The summed E-state index contributed by atoms with van der Waals surface area (Å²) in [5.74, 6) is 0. The van der Waals surface area contributed by atoms with Crippen LogP contribution in [0.25, 0.3) is 0 Å². The second-order valence-electron chi connectivity index (χ2n) is 3.89. The predicted molar refractivity (Wildman–Crippen MR) is 62.7 cm³/mol. The first-order chi connectivity index (χ1) is 7.13. The van der Waals surface area contributed by atoms with E-state index in [2.05, 4.69) is 6.58 Å². The molecular weight excluding hydrogens is 208 g/mol. The van der Waals surface area contributed by atoms with Crippen LogP contribution >= 0.6 is 0 Å². The fourth-order valence-corrected chi connectivity index (χ4v) is 4.77. The Morgan fingerprint density at radius 1 is 1.40 bits per heavy atom. The lowest BCUT2D eigenvalue weighted by Gasteiger charge is -2.37. The number of rotatable bonds is 5. The normalized spacial score (nSPS) is 25.1. The van der Waals surface area contributed by atoms with Gasteiger partial charge in [-0.3, -0.25) is 0 Å². The molecule has 0 bridgehead atoms. The van der Waals surface area contributed by atoms with Gasteiger partial charge in [-0.2, -0.15) is 0 Å². The van der Waals surface area contributed by atoms with E-state index in [0.717, 1.165) is 24.5 Å². The molecule has 1 unspecified atom stereocenters. The smallest absolute Gasteiger partial charge is 0.374 e. The quantitative estimate of drug-likeness (QED) is 0.537. The van der Waals surface area contributed by atoms with Gasteiger partial charge in [0.25, 0.3) is 0 Å². The summed E-state index contributed by atoms with van der Waals surface area (Å²) < 4.78 is 17.5. The van der Waals surface area contributed by atoms with Crippen molar-refractivity contribution < 1.29 is 13.3 Å². The molecule has 88 valence electrons. The fraction of sp³-hybridized carbons (Fsp3) is 0.818.